The number of likely N-dealkylation sites (N-methyl/N-ethyl adjacent to an activating group) is 1. The number of rotatable bonds is 17. The number of fused-ring (bicyclic) bond motifs is 3. The molecule has 1 fully saturated rings. The minimum atomic E-state index is -2.04. The molecule has 9 nitrogen and oxygen atoms in total. The first-order chi connectivity index (χ1) is 34.5. The Kier molecular flexibility index (Phi) is 22.8. The number of thiazole rings is 4. The van der Waals surface area contributed by atoms with E-state index >= 15 is 0 Å². The molecule has 420 valence electrons. The van der Waals surface area contributed by atoms with Crippen molar-refractivity contribution in [3.8, 4) is 19.5 Å². The third-order valence-corrected chi connectivity index (χ3v) is 55.2. The molecule has 1 amide bonds. The Labute approximate surface area is 490 Å². The Bertz CT molecular complexity index is 2420. The van der Waals surface area contributed by atoms with Crippen molar-refractivity contribution >= 4 is 151 Å². The number of amides is 1. The van der Waals surface area contributed by atoms with Crippen molar-refractivity contribution in [3.05, 3.63) is 20.6 Å². The van der Waals surface area contributed by atoms with E-state index in [-0.39, 0.29) is 11.7 Å². The summed E-state index contributed by atoms with van der Waals surface area (Å²) in [6.07, 6.45) is 1.25. The quantitative estimate of drug-likeness (QED) is 0.0756. The molecule has 4 aromatic rings. The van der Waals surface area contributed by atoms with E-state index in [2.05, 4.69) is 198 Å². The lowest BCUT2D eigenvalue weighted by Gasteiger charge is -2.41. The molecule has 0 spiro atoms. The van der Waals surface area contributed by atoms with Crippen LogP contribution >= 0.6 is 77.2 Å². The molecule has 0 unspecified atom stereocenters. The SMILES string of the molecule is CC(C)[Si](c1nc(Br)c(-c2sc([Si](C(C)C)(C(C)C)C(C)C)nc2Br)s1)(C(C)C)C(C)C.CC(C)[Si](c1nc2c(s1)-c1sc([Si](C(C)C)(C(C)C)C(C)C)nc1C(=O)C2=O)(C(C)C)C(C)C.CN1CCCC(=O)C1=O. The third kappa shape index (κ3) is 11.7. The van der Waals surface area contributed by atoms with Gasteiger partial charge in [-0.15, -0.1) is 45.3 Å². The minimum Gasteiger partial charge on any atom is -0.339 e. The fourth-order valence-corrected chi connectivity index (χ4v) is 56.0. The highest BCUT2D eigenvalue weighted by Crippen LogP contribution is 2.50. The van der Waals surface area contributed by atoms with E-state index in [0.717, 1.165) is 41.2 Å². The zero-order valence-corrected chi connectivity index (χ0v) is 60.7. The predicted molar refractivity (Wildman–Crippen MR) is 345 cm³/mol. The summed E-state index contributed by atoms with van der Waals surface area (Å²) in [5, 5.41) is 0. The molecule has 0 N–H and O–H groups in total. The number of carbonyl (C=O) groups is 4. The van der Waals surface area contributed by atoms with Gasteiger partial charge in [0, 0.05) is 20.0 Å². The maximum absolute atomic E-state index is 13.3. The van der Waals surface area contributed by atoms with Crippen LogP contribution in [0.15, 0.2) is 9.21 Å². The van der Waals surface area contributed by atoms with Gasteiger partial charge in [-0.05, 0) is 105 Å². The zero-order chi connectivity index (χ0) is 57.5. The van der Waals surface area contributed by atoms with Gasteiger partial charge in [0.05, 0.1) is 38.0 Å². The maximum atomic E-state index is 13.3. The summed E-state index contributed by atoms with van der Waals surface area (Å²) in [6, 6.07) is 0. The van der Waals surface area contributed by atoms with E-state index in [4.69, 9.17) is 19.9 Å². The number of Topliss-reactive ketones (excluding diaryl/α,β-unsaturated/α-hetero) is 3. The molecule has 19 heteroatoms. The molecule has 0 atom stereocenters. The van der Waals surface area contributed by atoms with Gasteiger partial charge in [0.2, 0.25) is 5.78 Å². The zero-order valence-electron chi connectivity index (χ0n) is 50.3. The van der Waals surface area contributed by atoms with Gasteiger partial charge in [-0.1, -0.05) is 166 Å². The lowest BCUT2D eigenvalue weighted by atomic mass is 10.0. The molecule has 75 heavy (non-hydrogen) atoms. The summed E-state index contributed by atoms with van der Waals surface area (Å²) < 4.78 is 7.03. The number of halogens is 2. The molecule has 5 heterocycles. The average molecular weight is 1300 g/mol. The van der Waals surface area contributed by atoms with Gasteiger partial charge in [-0.3, -0.25) is 19.2 Å². The highest BCUT2D eigenvalue weighted by Gasteiger charge is 2.53. The van der Waals surface area contributed by atoms with Crippen molar-refractivity contribution in [2.24, 2.45) is 0 Å². The third-order valence-electron chi connectivity index (χ3n) is 17.9. The van der Waals surface area contributed by atoms with Crippen LogP contribution < -0.4 is 18.5 Å². The Morgan fingerprint density at radius 2 is 0.613 bits per heavy atom. The number of carbonyl (C=O) groups excluding carboxylic acids is 4. The molecule has 0 radical (unpaired) electrons. The Morgan fingerprint density at radius 3 is 0.827 bits per heavy atom. The van der Waals surface area contributed by atoms with Crippen LogP contribution in [0.1, 0.15) is 200 Å². The minimum absolute atomic E-state index is 0.247. The Morgan fingerprint density at radius 1 is 0.387 bits per heavy atom. The molecule has 0 bridgehead atoms. The summed E-state index contributed by atoms with van der Waals surface area (Å²) >= 11 is 15.0. The Balaban J connectivity index is 0.000000278. The van der Waals surface area contributed by atoms with Gasteiger partial charge in [0.25, 0.3) is 17.5 Å². The second-order valence-corrected chi connectivity index (χ2v) is 55.3. The first-order valence-electron chi connectivity index (χ1n) is 27.8. The van der Waals surface area contributed by atoms with Gasteiger partial charge in [-0.2, -0.15) is 0 Å². The Hall–Kier alpha value is -1.17. The fraction of sp³-hybridized carbons (Fsp3) is 0.714. The maximum Gasteiger partial charge on any atom is 0.289 e. The molecule has 0 saturated carbocycles. The predicted octanol–water partition coefficient (Wildman–Crippen LogP) is 16.8. The second kappa shape index (κ2) is 25.7. The van der Waals surface area contributed by atoms with E-state index in [9.17, 15) is 19.2 Å². The van der Waals surface area contributed by atoms with Crippen LogP contribution in [0.4, 0.5) is 0 Å². The van der Waals surface area contributed by atoms with Gasteiger partial charge < -0.3 is 4.90 Å². The van der Waals surface area contributed by atoms with Crippen molar-refractivity contribution in [3.63, 3.8) is 0 Å². The first-order valence-corrected chi connectivity index (χ1v) is 41.6. The van der Waals surface area contributed by atoms with Crippen molar-refractivity contribution in [2.75, 3.05) is 13.6 Å². The summed E-state index contributed by atoms with van der Waals surface area (Å²) in [7, 11) is -6.01. The molecule has 1 saturated heterocycles. The first kappa shape index (κ1) is 66.3. The normalized spacial score (nSPS) is 15.2. The molecule has 2 aliphatic rings. The van der Waals surface area contributed by atoms with Crippen LogP contribution in [0.2, 0.25) is 66.5 Å². The lowest BCUT2D eigenvalue weighted by Crippen LogP contribution is -2.55. The fourth-order valence-electron chi connectivity index (χ4n) is 15.0. The van der Waals surface area contributed by atoms with Crippen LogP contribution in [-0.2, 0) is 9.59 Å². The smallest absolute Gasteiger partial charge is 0.289 e. The van der Waals surface area contributed by atoms with E-state index in [1.165, 1.54) is 23.9 Å². The molecule has 0 aromatic carbocycles. The molecule has 4 aromatic heterocycles. The topological polar surface area (TPSA) is 123 Å². The number of likely N-dealkylation sites (tertiary alicyclic amines) is 1. The van der Waals surface area contributed by atoms with E-state index in [1.54, 1.807) is 29.7 Å². The summed E-state index contributed by atoms with van der Waals surface area (Å²) in [5.41, 5.74) is 7.62. The van der Waals surface area contributed by atoms with Crippen LogP contribution in [0.3, 0.4) is 0 Å². The summed E-state index contributed by atoms with van der Waals surface area (Å²) in [6.45, 7) is 57.4. The lowest BCUT2D eigenvalue weighted by molar-refractivity contribution is -0.145. The molecular weight excluding hydrogens is 1210 g/mol. The standard InChI is InChI=1S/C26H42N2O2S2Si2.C24H42Br2N2S2Si2.C6H9NO2/c1-13(2)33(14(3)4,15(5)6)25-27-19-21(29)22(30)20-24(23(19)31-25)32-26(28-20)34(16(7)8,17(9)10)18(11)12;1-13(2)31(14(3)4,15(5)6)23-27-21(25)19(29-23)20-22(26)28-24(30-20)32(16(7)8,17(9)10)18(11)12;1-7-4-2-3-5(8)6(7)9/h13-18H,1-12H3;13-18H,1-12H3;2-4H2,1H3. The van der Waals surface area contributed by atoms with Gasteiger partial charge >= 0.3 is 0 Å². The number of hydrogen-bond donors (Lipinski definition) is 0. The van der Waals surface area contributed by atoms with E-state index < -0.39 is 43.9 Å². The monoisotopic (exact) mass is 1300 g/mol. The number of ketones is 3. The van der Waals surface area contributed by atoms with Crippen LogP contribution in [0, 0.1) is 0 Å². The summed E-state index contributed by atoms with van der Waals surface area (Å²) in [4.78, 5) is 74.0. The average Bonchev–Trinajstić information content (AvgIpc) is 4.08. The number of nitrogens with zero attached hydrogens (tertiary/aromatic N) is 5. The van der Waals surface area contributed by atoms with Gasteiger partial charge in [-0.25, -0.2) is 19.9 Å². The number of piperidine rings is 1. The highest BCUT2D eigenvalue weighted by molar-refractivity contribution is 9.11. The molecular formula is C56H93Br2N5O4S4Si4. The second-order valence-electron chi connectivity index (χ2n) is 25.2. The number of aromatic nitrogens is 4. The van der Waals surface area contributed by atoms with Crippen LogP contribution in [0.5, 0.6) is 0 Å². The van der Waals surface area contributed by atoms with Crippen molar-refractivity contribution in [1.82, 2.24) is 24.8 Å². The number of hydrogen-bond acceptors (Lipinski definition) is 12. The molecule has 1 aliphatic heterocycles. The van der Waals surface area contributed by atoms with E-state index in [1.807, 2.05) is 22.7 Å². The summed E-state index contributed by atoms with van der Waals surface area (Å²) in [5.74, 6) is -1.51. The molecule has 6 rings (SSSR count). The largest absolute Gasteiger partial charge is 0.339 e. The highest BCUT2D eigenvalue weighted by atomic mass is 79.9. The molecule has 1 aliphatic carbocycles. The van der Waals surface area contributed by atoms with Crippen molar-refractivity contribution in [2.45, 2.75) is 246 Å². The van der Waals surface area contributed by atoms with Gasteiger partial charge in [0.1, 0.15) is 52.9 Å². The van der Waals surface area contributed by atoms with E-state index in [0.29, 0.717) is 84.3 Å². The van der Waals surface area contributed by atoms with Crippen molar-refractivity contribution in [1.29, 1.82) is 0 Å². The van der Waals surface area contributed by atoms with Crippen molar-refractivity contribution < 1.29 is 19.2 Å². The van der Waals surface area contributed by atoms with Crippen LogP contribution in [0.25, 0.3) is 19.5 Å². The van der Waals surface area contributed by atoms with Crippen LogP contribution in [-0.4, -0.2) is 94.0 Å². The van der Waals surface area contributed by atoms with Gasteiger partial charge in [0.15, 0.2) is 0 Å².